The molecule has 0 bridgehead atoms. The average molecular weight is 582 g/mol. The number of para-hydroxylation sites is 1. The molecule has 0 fully saturated rings. The van der Waals surface area contributed by atoms with Gasteiger partial charge in [0.15, 0.2) is 10.8 Å². The Morgan fingerprint density at radius 3 is 2.13 bits per heavy atom. The van der Waals surface area contributed by atoms with Crippen molar-refractivity contribution in [3.63, 3.8) is 0 Å². The van der Waals surface area contributed by atoms with Crippen LogP contribution in [0.2, 0.25) is 0 Å². The molecule has 0 radical (unpaired) electrons. The summed E-state index contributed by atoms with van der Waals surface area (Å²) in [7, 11) is 0. The Morgan fingerprint density at radius 1 is 0.816 bits per heavy atom. The molecule has 0 saturated carbocycles. The van der Waals surface area contributed by atoms with Gasteiger partial charge in [-0.3, -0.25) is 4.79 Å². The molecule has 2 heterocycles. The van der Waals surface area contributed by atoms with Gasteiger partial charge in [0.05, 0.1) is 17.1 Å². The number of nitrogens with zero attached hydrogens (tertiary/aromatic N) is 4. The van der Waals surface area contributed by atoms with Gasteiger partial charge in [-0.2, -0.15) is 10.2 Å². The van der Waals surface area contributed by atoms with Gasteiger partial charge in [0.2, 0.25) is 4.99 Å². The van der Waals surface area contributed by atoms with Crippen molar-refractivity contribution >= 4 is 55.6 Å². The van der Waals surface area contributed by atoms with Crippen molar-refractivity contribution in [3.05, 3.63) is 130 Å². The first-order chi connectivity index (χ1) is 18.5. The van der Waals surface area contributed by atoms with Gasteiger partial charge < -0.3 is 0 Å². The van der Waals surface area contributed by atoms with Gasteiger partial charge in [-0.1, -0.05) is 89.6 Å². The predicted molar refractivity (Wildman–Crippen MR) is 161 cm³/mol. The Morgan fingerprint density at radius 2 is 1.45 bits per heavy atom. The van der Waals surface area contributed by atoms with Crippen molar-refractivity contribution < 1.29 is 4.79 Å². The molecular formula is C31H25BrN4OS. The molecule has 4 aromatic carbocycles. The Kier molecular flexibility index (Phi) is 6.41. The lowest BCUT2D eigenvalue weighted by Crippen LogP contribution is -2.54. The number of rotatable bonds is 5. The van der Waals surface area contributed by atoms with Crippen LogP contribution in [0.4, 0.5) is 11.4 Å². The Labute approximate surface area is 235 Å². The molecule has 2 aliphatic heterocycles. The Bertz CT molecular complexity index is 1570. The quantitative estimate of drug-likeness (QED) is 0.244. The van der Waals surface area contributed by atoms with E-state index in [9.17, 15) is 4.79 Å². The number of hydrazone groups is 2. The monoisotopic (exact) mass is 580 g/mol. The van der Waals surface area contributed by atoms with Crippen LogP contribution in [0.25, 0.3) is 0 Å². The summed E-state index contributed by atoms with van der Waals surface area (Å²) < 4.78 is 0.970. The minimum absolute atomic E-state index is 0.0792. The standard InChI is InChI=1S/C31H25BrN4OS/c1-3-22-13-15-23(16-14-22)29-27-11-7-8-12-28(27)31(35(33-29)25-9-5-4-6-10-25)36(34-30(38-31)21(2)37)26-19-17-24(32)18-20-26/h4-20H,3H2,1-2H3. The molecule has 6 rings (SSSR count). The Balaban J connectivity index is 1.64. The number of Topliss-reactive ketones (excluding diaryl/α,β-unsaturated/α-hetero) is 1. The van der Waals surface area contributed by atoms with E-state index in [1.54, 1.807) is 6.92 Å². The van der Waals surface area contributed by atoms with Crippen LogP contribution in [0.15, 0.2) is 118 Å². The third-order valence-electron chi connectivity index (χ3n) is 6.75. The normalized spacial score (nSPS) is 18.3. The number of aryl methyl sites for hydroxylation is 1. The highest BCUT2D eigenvalue weighted by Crippen LogP contribution is 2.55. The average Bonchev–Trinajstić information content (AvgIpc) is 3.36. The number of ketones is 1. The van der Waals surface area contributed by atoms with Crippen LogP contribution in [0.5, 0.6) is 0 Å². The second-order valence-electron chi connectivity index (χ2n) is 9.15. The summed E-state index contributed by atoms with van der Waals surface area (Å²) in [6.07, 6.45) is 0.979. The summed E-state index contributed by atoms with van der Waals surface area (Å²) in [5, 5.41) is 14.6. The summed E-state index contributed by atoms with van der Waals surface area (Å²) in [6.45, 7) is 3.72. The molecule has 0 aromatic heterocycles. The van der Waals surface area contributed by atoms with Gasteiger partial charge in [0.25, 0.3) is 0 Å². The summed E-state index contributed by atoms with van der Waals surface area (Å²) in [5.41, 5.74) is 6.99. The lowest BCUT2D eigenvalue weighted by molar-refractivity contribution is -0.110. The minimum Gasteiger partial charge on any atom is -0.292 e. The molecule has 2 aliphatic rings. The van der Waals surface area contributed by atoms with E-state index in [0.29, 0.717) is 5.04 Å². The van der Waals surface area contributed by atoms with E-state index in [4.69, 9.17) is 10.2 Å². The molecule has 1 unspecified atom stereocenters. The number of carbonyl (C=O) groups excluding carboxylic acids is 1. The summed E-state index contributed by atoms with van der Waals surface area (Å²) in [6, 6.07) is 35.0. The van der Waals surface area contributed by atoms with Crippen LogP contribution in [0.3, 0.4) is 0 Å². The fourth-order valence-corrected chi connectivity index (χ4v) is 6.39. The second-order valence-corrected chi connectivity index (χ2v) is 11.2. The first-order valence-electron chi connectivity index (χ1n) is 12.5. The highest BCUT2D eigenvalue weighted by molar-refractivity contribution is 9.10. The van der Waals surface area contributed by atoms with Crippen molar-refractivity contribution in [2.24, 2.45) is 10.2 Å². The first kappa shape index (κ1) is 24.6. The van der Waals surface area contributed by atoms with Crippen molar-refractivity contribution in [1.29, 1.82) is 0 Å². The van der Waals surface area contributed by atoms with Gasteiger partial charge in [0.1, 0.15) is 0 Å². The second kappa shape index (κ2) is 9.89. The topological polar surface area (TPSA) is 48.3 Å². The number of halogens is 1. The van der Waals surface area contributed by atoms with Crippen molar-refractivity contribution in [2.45, 2.75) is 25.3 Å². The van der Waals surface area contributed by atoms with Gasteiger partial charge in [-0.25, -0.2) is 10.0 Å². The number of benzene rings is 4. The van der Waals surface area contributed by atoms with E-state index in [0.717, 1.165) is 44.7 Å². The molecule has 1 spiro atoms. The molecule has 38 heavy (non-hydrogen) atoms. The van der Waals surface area contributed by atoms with Crippen LogP contribution in [0, 0.1) is 0 Å². The molecule has 7 heteroatoms. The summed E-state index contributed by atoms with van der Waals surface area (Å²) in [5.74, 6) is -0.0792. The van der Waals surface area contributed by atoms with E-state index >= 15 is 0 Å². The largest absolute Gasteiger partial charge is 0.292 e. The van der Waals surface area contributed by atoms with E-state index in [2.05, 4.69) is 59.3 Å². The van der Waals surface area contributed by atoms with E-state index < -0.39 is 4.99 Å². The summed E-state index contributed by atoms with van der Waals surface area (Å²) >= 11 is 4.98. The van der Waals surface area contributed by atoms with Gasteiger partial charge in [-0.15, -0.1) is 0 Å². The third-order valence-corrected chi connectivity index (χ3v) is 8.69. The van der Waals surface area contributed by atoms with E-state index in [1.807, 2.05) is 76.7 Å². The third kappa shape index (κ3) is 4.06. The molecular weight excluding hydrogens is 556 g/mol. The number of fused-ring (bicyclic) bond motifs is 2. The smallest absolute Gasteiger partial charge is 0.234 e. The van der Waals surface area contributed by atoms with E-state index in [-0.39, 0.29) is 5.78 Å². The predicted octanol–water partition coefficient (Wildman–Crippen LogP) is 7.55. The number of carbonyl (C=O) groups is 1. The number of thioether (sulfide) groups is 1. The van der Waals surface area contributed by atoms with Gasteiger partial charge in [-0.05, 0) is 60.1 Å². The maximum absolute atomic E-state index is 12.8. The van der Waals surface area contributed by atoms with Crippen molar-refractivity contribution in [3.8, 4) is 0 Å². The summed E-state index contributed by atoms with van der Waals surface area (Å²) in [4.78, 5) is 11.8. The number of anilines is 2. The Hall–Kier alpha value is -3.68. The zero-order valence-corrected chi connectivity index (χ0v) is 23.4. The van der Waals surface area contributed by atoms with Gasteiger partial charge >= 0.3 is 0 Å². The lowest BCUT2D eigenvalue weighted by atomic mass is 9.92. The van der Waals surface area contributed by atoms with Crippen molar-refractivity contribution in [1.82, 2.24) is 0 Å². The fraction of sp³-hybridized carbons (Fsp3) is 0.129. The van der Waals surface area contributed by atoms with Crippen LogP contribution in [-0.4, -0.2) is 16.5 Å². The molecule has 0 aliphatic carbocycles. The molecule has 0 amide bonds. The zero-order valence-electron chi connectivity index (χ0n) is 21.0. The highest BCUT2D eigenvalue weighted by Gasteiger charge is 2.55. The van der Waals surface area contributed by atoms with Crippen LogP contribution >= 0.6 is 27.7 Å². The number of hydrogen-bond donors (Lipinski definition) is 0. The fourth-order valence-electron chi connectivity index (χ4n) is 4.84. The van der Waals surface area contributed by atoms with E-state index in [1.165, 1.54) is 17.3 Å². The van der Waals surface area contributed by atoms with Crippen LogP contribution in [-0.2, 0) is 16.2 Å². The molecule has 188 valence electrons. The molecule has 5 nitrogen and oxygen atoms in total. The van der Waals surface area contributed by atoms with Gasteiger partial charge in [0, 0.05) is 28.1 Å². The molecule has 0 N–H and O–H groups in total. The maximum Gasteiger partial charge on any atom is 0.234 e. The maximum atomic E-state index is 12.8. The molecule has 1 atom stereocenters. The number of hydrogen-bond acceptors (Lipinski definition) is 6. The first-order valence-corrected chi connectivity index (χ1v) is 14.1. The zero-order chi connectivity index (χ0) is 26.3. The highest BCUT2D eigenvalue weighted by atomic mass is 79.9. The van der Waals surface area contributed by atoms with Crippen LogP contribution in [0.1, 0.15) is 36.1 Å². The minimum atomic E-state index is -0.945. The van der Waals surface area contributed by atoms with Crippen molar-refractivity contribution in [2.75, 3.05) is 10.0 Å². The molecule has 4 aromatic rings. The van der Waals surface area contributed by atoms with Crippen LogP contribution < -0.4 is 10.0 Å². The lowest BCUT2D eigenvalue weighted by Gasteiger charge is -2.47. The SMILES string of the molecule is CCc1ccc(C2=NN(c3ccccc3)C3(SC(C(C)=O)=NN3c3ccc(Br)cc3)c3ccccc32)cc1. The molecule has 0 saturated heterocycles.